The van der Waals surface area contributed by atoms with E-state index in [9.17, 15) is 9.59 Å². The summed E-state index contributed by atoms with van der Waals surface area (Å²) in [6.07, 6.45) is 4.06. The number of fused-ring (bicyclic) bond motifs is 2. The predicted octanol–water partition coefficient (Wildman–Crippen LogP) is 3.78. The van der Waals surface area contributed by atoms with Gasteiger partial charge >= 0.3 is 11.9 Å². The molecule has 1 saturated heterocycles. The maximum Gasteiger partial charge on any atom is 0.334 e. The molecule has 0 spiro atoms. The highest BCUT2D eigenvalue weighted by Crippen LogP contribution is 2.57. The summed E-state index contributed by atoms with van der Waals surface area (Å²) >= 11 is 5.63. The smallest absolute Gasteiger partial charge is 0.334 e. The fourth-order valence-corrected chi connectivity index (χ4v) is 4.73. The molecule has 0 aromatic carbocycles. The van der Waals surface area contributed by atoms with Gasteiger partial charge in [0, 0.05) is 23.8 Å². The molecule has 132 valence electrons. The summed E-state index contributed by atoms with van der Waals surface area (Å²) in [4.78, 5) is 23.8. The van der Waals surface area contributed by atoms with E-state index < -0.39 is 0 Å². The summed E-state index contributed by atoms with van der Waals surface area (Å²) in [6.45, 7) is 10.4. The van der Waals surface area contributed by atoms with E-state index in [2.05, 4.69) is 20.1 Å². The van der Waals surface area contributed by atoms with Crippen molar-refractivity contribution < 1.29 is 19.1 Å². The lowest BCUT2D eigenvalue weighted by Gasteiger charge is -2.51. The lowest BCUT2D eigenvalue weighted by atomic mass is 9.55. The zero-order chi connectivity index (χ0) is 17.5. The minimum absolute atomic E-state index is 0.0438. The second-order valence-electron chi connectivity index (χ2n) is 7.61. The Kier molecular flexibility index (Phi) is 4.78. The lowest BCUT2D eigenvalue weighted by Crippen LogP contribution is -2.47. The molecule has 0 aromatic rings. The Hall–Kier alpha value is -1.29. The van der Waals surface area contributed by atoms with Crippen molar-refractivity contribution in [1.29, 1.82) is 0 Å². The summed E-state index contributed by atoms with van der Waals surface area (Å²) < 4.78 is 11.1. The van der Waals surface area contributed by atoms with E-state index in [1.807, 2.05) is 0 Å². The van der Waals surface area contributed by atoms with Crippen LogP contribution in [0.4, 0.5) is 0 Å². The van der Waals surface area contributed by atoms with Crippen LogP contribution in [-0.4, -0.2) is 30.0 Å². The average molecular weight is 353 g/mol. The molecule has 1 heterocycles. The summed E-state index contributed by atoms with van der Waals surface area (Å²) in [5.41, 5.74) is 1.60. The van der Waals surface area contributed by atoms with E-state index in [1.165, 1.54) is 0 Å². The molecule has 2 saturated carbocycles. The molecule has 3 fully saturated rings. The van der Waals surface area contributed by atoms with Crippen molar-refractivity contribution in [3.05, 3.63) is 24.3 Å². The second-order valence-corrected chi connectivity index (χ2v) is 7.98. The van der Waals surface area contributed by atoms with E-state index in [-0.39, 0.29) is 41.4 Å². The Balaban J connectivity index is 1.71. The zero-order valence-corrected chi connectivity index (χ0v) is 14.9. The van der Waals surface area contributed by atoms with Crippen LogP contribution in [-0.2, 0) is 19.1 Å². The van der Waals surface area contributed by atoms with Crippen LogP contribution in [0.5, 0.6) is 0 Å². The molecule has 5 heteroatoms. The van der Waals surface area contributed by atoms with E-state index in [1.54, 1.807) is 0 Å². The van der Waals surface area contributed by atoms with Crippen LogP contribution in [0.1, 0.15) is 45.4 Å². The number of carbonyl (C=O) groups excluding carboxylic acids is 2. The number of alkyl halides is 1. The first-order valence-corrected chi connectivity index (χ1v) is 9.23. The summed E-state index contributed by atoms with van der Waals surface area (Å²) in [7, 11) is 0. The Morgan fingerprint density at radius 2 is 2.21 bits per heavy atom. The number of esters is 2. The molecule has 0 radical (unpaired) electrons. The van der Waals surface area contributed by atoms with E-state index in [0.29, 0.717) is 24.3 Å². The quantitative estimate of drug-likeness (QED) is 0.334. The number of hydrogen-bond acceptors (Lipinski definition) is 4. The summed E-state index contributed by atoms with van der Waals surface area (Å²) in [5.74, 6) is 0.285. The maximum absolute atomic E-state index is 11.9. The molecular weight excluding hydrogens is 328 g/mol. The molecule has 0 bridgehead atoms. The monoisotopic (exact) mass is 352 g/mol. The normalized spacial score (nSPS) is 38.3. The maximum atomic E-state index is 11.9. The standard InChI is InChI=1S/C19H25ClO4/c1-11-13-9-14-12(2)15(23-17(21)5-4-8-20)6-7-19(14,3)10-16(13)24-18(11)22/h13-16H,1-2,4-10H2,3H3/t13-,14+,15-,16-,19-/m1/s1. The molecule has 3 rings (SSSR count). The van der Waals surface area contributed by atoms with Gasteiger partial charge in [0.15, 0.2) is 0 Å². The number of halogens is 1. The molecule has 0 amide bonds. The number of carbonyl (C=O) groups is 2. The molecule has 3 aliphatic rings. The summed E-state index contributed by atoms with van der Waals surface area (Å²) in [6, 6.07) is 0. The van der Waals surface area contributed by atoms with Gasteiger partial charge in [-0.1, -0.05) is 20.1 Å². The highest BCUT2D eigenvalue weighted by Gasteiger charge is 2.54. The van der Waals surface area contributed by atoms with Gasteiger partial charge in [0.05, 0.1) is 0 Å². The van der Waals surface area contributed by atoms with Crippen molar-refractivity contribution >= 4 is 23.5 Å². The second kappa shape index (κ2) is 6.55. The van der Waals surface area contributed by atoms with Gasteiger partial charge in [-0.2, -0.15) is 0 Å². The number of hydrogen-bond donors (Lipinski definition) is 0. The Bertz CT molecular complexity index is 584. The first kappa shape index (κ1) is 17.5. The minimum Gasteiger partial charge on any atom is -0.458 e. The minimum atomic E-state index is -0.262. The van der Waals surface area contributed by atoms with Gasteiger partial charge in [0.1, 0.15) is 12.2 Å². The SMILES string of the molecule is C=C1C(=O)O[C@@H]2C[C@@]3(C)CC[C@@H](OC(=O)CCCCl)C(=C)[C@@H]3C[C@H]12. The van der Waals surface area contributed by atoms with E-state index in [4.69, 9.17) is 21.1 Å². The number of ether oxygens (including phenoxy) is 2. The van der Waals surface area contributed by atoms with Gasteiger partial charge < -0.3 is 9.47 Å². The predicted molar refractivity (Wildman–Crippen MR) is 91.5 cm³/mol. The molecular formula is C19H25ClO4. The lowest BCUT2D eigenvalue weighted by molar-refractivity contribution is -0.152. The van der Waals surface area contributed by atoms with E-state index >= 15 is 0 Å². The van der Waals surface area contributed by atoms with Gasteiger partial charge in [-0.05, 0) is 49.0 Å². The third kappa shape index (κ3) is 3.01. The Morgan fingerprint density at radius 1 is 1.46 bits per heavy atom. The van der Waals surface area contributed by atoms with Crippen LogP contribution in [0.2, 0.25) is 0 Å². The first-order valence-electron chi connectivity index (χ1n) is 8.69. The van der Waals surface area contributed by atoms with Crippen molar-refractivity contribution in [3.8, 4) is 0 Å². The summed E-state index contributed by atoms with van der Waals surface area (Å²) in [5, 5.41) is 0. The van der Waals surface area contributed by atoms with Crippen LogP contribution >= 0.6 is 11.6 Å². The van der Waals surface area contributed by atoms with Gasteiger partial charge in [-0.15, -0.1) is 11.6 Å². The van der Waals surface area contributed by atoms with Crippen LogP contribution in [0.25, 0.3) is 0 Å². The molecule has 0 N–H and O–H groups in total. The van der Waals surface area contributed by atoms with Crippen LogP contribution in [0.3, 0.4) is 0 Å². The third-order valence-corrected chi connectivity index (χ3v) is 6.31. The van der Waals surface area contributed by atoms with Gasteiger partial charge in [-0.3, -0.25) is 4.79 Å². The third-order valence-electron chi connectivity index (χ3n) is 6.04. The van der Waals surface area contributed by atoms with E-state index in [0.717, 1.165) is 31.3 Å². The van der Waals surface area contributed by atoms with Crippen molar-refractivity contribution in [2.75, 3.05) is 5.88 Å². The molecule has 2 aliphatic carbocycles. The van der Waals surface area contributed by atoms with Crippen molar-refractivity contribution in [2.45, 2.75) is 57.7 Å². The molecule has 24 heavy (non-hydrogen) atoms. The highest BCUT2D eigenvalue weighted by molar-refractivity contribution is 6.17. The fourth-order valence-electron chi connectivity index (χ4n) is 4.60. The van der Waals surface area contributed by atoms with Crippen molar-refractivity contribution in [3.63, 3.8) is 0 Å². The molecule has 1 aliphatic heterocycles. The molecule has 5 atom stereocenters. The molecule has 0 aromatic heterocycles. The van der Waals surface area contributed by atoms with Crippen LogP contribution in [0.15, 0.2) is 24.3 Å². The first-order chi connectivity index (χ1) is 11.4. The average Bonchev–Trinajstić information content (AvgIpc) is 2.80. The molecule has 4 nitrogen and oxygen atoms in total. The Morgan fingerprint density at radius 3 is 2.92 bits per heavy atom. The molecule has 0 unspecified atom stereocenters. The van der Waals surface area contributed by atoms with Crippen LogP contribution < -0.4 is 0 Å². The van der Waals surface area contributed by atoms with Gasteiger partial charge in [0.2, 0.25) is 0 Å². The topological polar surface area (TPSA) is 52.6 Å². The van der Waals surface area contributed by atoms with Crippen molar-refractivity contribution in [2.24, 2.45) is 17.3 Å². The highest BCUT2D eigenvalue weighted by atomic mass is 35.5. The van der Waals surface area contributed by atoms with Crippen molar-refractivity contribution in [1.82, 2.24) is 0 Å². The van der Waals surface area contributed by atoms with Gasteiger partial charge in [0.25, 0.3) is 0 Å². The number of rotatable bonds is 4. The largest absolute Gasteiger partial charge is 0.458 e. The fraction of sp³-hybridized carbons (Fsp3) is 0.684. The van der Waals surface area contributed by atoms with Crippen LogP contribution in [0, 0.1) is 17.3 Å². The Labute approximate surface area is 148 Å². The zero-order valence-electron chi connectivity index (χ0n) is 14.2. The van der Waals surface area contributed by atoms with Gasteiger partial charge in [-0.25, -0.2) is 4.79 Å².